The van der Waals surface area contributed by atoms with Gasteiger partial charge in [-0.25, -0.2) is 14.1 Å². The number of quaternary nitrogens is 1. The summed E-state index contributed by atoms with van der Waals surface area (Å²) in [7, 11) is 3.31. The highest BCUT2D eigenvalue weighted by Crippen LogP contribution is 2.30. The summed E-state index contributed by atoms with van der Waals surface area (Å²) in [5.41, 5.74) is -0.214. The molecule has 28 heavy (non-hydrogen) atoms. The minimum absolute atomic E-state index is 0.0783. The molecule has 0 radical (unpaired) electrons. The van der Waals surface area contributed by atoms with E-state index in [1.54, 1.807) is 44.3 Å². The maximum atomic E-state index is 14.0. The van der Waals surface area contributed by atoms with Crippen molar-refractivity contribution in [3.63, 3.8) is 0 Å². The molecule has 6 nitrogen and oxygen atoms in total. The van der Waals surface area contributed by atoms with Crippen molar-refractivity contribution in [2.45, 2.75) is 19.0 Å². The van der Waals surface area contributed by atoms with Gasteiger partial charge in [0, 0.05) is 0 Å². The van der Waals surface area contributed by atoms with Crippen LogP contribution in [0.4, 0.5) is 9.18 Å². The van der Waals surface area contributed by atoms with Gasteiger partial charge < -0.3 is 15.0 Å². The summed E-state index contributed by atoms with van der Waals surface area (Å²) in [6.45, 7) is 1.97. The lowest BCUT2D eigenvalue weighted by atomic mass is 9.92. The number of hydrogen-bond donors (Lipinski definition) is 2. The zero-order chi connectivity index (χ0) is 20.5. The number of methoxy groups -OCH3 is 1. The number of rotatable bonds is 6. The molecule has 1 saturated heterocycles. The fourth-order valence-electron chi connectivity index (χ4n) is 3.30. The van der Waals surface area contributed by atoms with Crippen molar-refractivity contribution < 1.29 is 23.6 Å². The first-order valence-corrected chi connectivity index (χ1v) is 9.17. The van der Waals surface area contributed by atoms with Crippen LogP contribution in [-0.2, 0) is 16.9 Å². The molecular formula is C20H22ClFN3O3+. The van der Waals surface area contributed by atoms with Crippen molar-refractivity contribution in [3.05, 3.63) is 64.4 Å². The largest absolute Gasteiger partial charge is 0.497 e. The molecule has 0 aromatic heterocycles. The van der Waals surface area contributed by atoms with Crippen LogP contribution in [0.2, 0.25) is 5.02 Å². The van der Waals surface area contributed by atoms with Gasteiger partial charge in [0.25, 0.3) is 5.91 Å². The Morgan fingerprint density at radius 3 is 2.64 bits per heavy atom. The lowest BCUT2D eigenvalue weighted by molar-refractivity contribution is -0.901. The molecule has 8 heteroatoms. The number of urea groups is 1. The van der Waals surface area contributed by atoms with Crippen LogP contribution in [0, 0.1) is 5.82 Å². The van der Waals surface area contributed by atoms with Gasteiger partial charge >= 0.3 is 6.03 Å². The van der Waals surface area contributed by atoms with E-state index in [0.29, 0.717) is 21.9 Å². The Bertz CT molecular complexity index is 903. The Labute approximate surface area is 167 Å². The van der Waals surface area contributed by atoms with Crippen LogP contribution in [0.1, 0.15) is 18.1 Å². The van der Waals surface area contributed by atoms with Crippen LogP contribution in [0.15, 0.2) is 42.5 Å². The van der Waals surface area contributed by atoms with Gasteiger partial charge in [-0.2, -0.15) is 0 Å². The summed E-state index contributed by atoms with van der Waals surface area (Å²) < 4.78 is 19.2. The van der Waals surface area contributed by atoms with Gasteiger partial charge in [0.1, 0.15) is 23.7 Å². The predicted molar refractivity (Wildman–Crippen MR) is 103 cm³/mol. The van der Waals surface area contributed by atoms with E-state index in [-0.39, 0.29) is 19.1 Å². The van der Waals surface area contributed by atoms with Crippen LogP contribution in [0.25, 0.3) is 0 Å². The Hall–Kier alpha value is -2.64. The summed E-state index contributed by atoms with van der Waals surface area (Å²) in [5.74, 6) is -0.189. The molecule has 2 aromatic carbocycles. The van der Waals surface area contributed by atoms with E-state index in [1.165, 1.54) is 19.2 Å². The molecular weight excluding hydrogens is 385 g/mol. The summed E-state index contributed by atoms with van der Waals surface area (Å²) in [6.07, 6.45) is 0. The van der Waals surface area contributed by atoms with E-state index >= 15 is 0 Å². The monoisotopic (exact) mass is 406 g/mol. The van der Waals surface area contributed by atoms with E-state index in [2.05, 4.69) is 5.32 Å². The molecule has 0 saturated carbocycles. The molecule has 1 aliphatic rings. The molecule has 1 fully saturated rings. The average molecular weight is 407 g/mol. The molecule has 2 atom stereocenters. The molecule has 1 unspecified atom stereocenters. The van der Waals surface area contributed by atoms with Crippen molar-refractivity contribution in [2.24, 2.45) is 0 Å². The Morgan fingerprint density at radius 2 is 1.96 bits per heavy atom. The lowest BCUT2D eigenvalue weighted by Gasteiger charge is -2.24. The predicted octanol–water partition coefficient (Wildman–Crippen LogP) is 1.93. The number of carbonyl (C=O) groups is 2. The molecule has 3 rings (SSSR count). The van der Waals surface area contributed by atoms with Gasteiger partial charge in [0.05, 0.1) is 24.7 Å². The second-order valence-electron chi connectivity index (χ2n) is 7.01. The number of halogens is 2. The van der Waals surface area contributed by atoms with Crippen molar-refractivity contribution >= 4 is 23.5 Å². The highest BCUT2D eigenvalue weighted by atomic mass is 35.5. The summed E-state index contributed by atoms with van der Waals surface area (Å²) in [4.78, 5) is 27.4. The number of carbonyl (C=O) groups excluding carboxylic acids is 2. The number of amides is 3. The van der Waals surface area contributed by atoms with Crippen molar-refractivity contribution in [1.29, 1.82) is 0 Å². The molecule has 0 aliphatic carbocycles. The zero-order valence-electron chi connectivity index (χ0n) is 15.9. The van der Waals surface area contributed by atoms with Gasteiger partial charge in [-0.05, 0) is 36.8 Å². The molecule has 2 aromatic rings. The smallest absolute Gasteiger partial charge is 0.329 e. The summed E-state index contributed by atoms with van der Waals surface area (Å²) in [6, 6.07) is 11.0. The standard InChI is InChI=1S/C20H21ClFN3O3/c1-20(13-6-4-7-14(10-13)28-3)18(26)25(19(27)23-20)12-24(2)11-15-16(21)8-5-9-17(15)22/h4-10H,11-12H2,1-3H3,(H,23,27)/p+1/t20-/m1/s1. The molecule has 3 amide bonds. The third-order valence-corrected chi connectivity index (χ3v) is 5.24. The number of benzene rings is 2. The SMILES string of the molecule is COc1cccc([C@@]2(C)NC(=O)N(C[NH+](C)Cc3c(F)cccc3Cl)C2=O)c1. The fourth-order valence-corrected chi connectivity index (χ4v) is 3.53. The number of nitrogens with zero attached hydrogens (tertiary/aromatic N) is 1. The maximum Gasteiger partial charge on any atom is 0.329 e. The Kier molecular flexibility index (Phi) is 5.58. The molecule has 2 N–H and O–H groups in total. The molecule has 148 valence electrons. The minimum Gasteiger partial charge on any atom is -0.497 e. The summed E-state index contributed by atoms with van der Waals surface area (Å²) >= 11 is 6.08. The number of imide groups is 1. The van der Waals surface area contributed by atoms with E-state index in [4.69, 9.17) is 16.3 Å². The van der Waals surface area contributed by atoms with E-state index in [1.807, 2.05) is 0 Å². The Morgan fingerprint density at radius 1 is 1.25 bits per heavy atom. The quantitative estimate of drug-likeness (QED) is 0.720. The molecule has 0 spiro atoms. The first-order chi connectivity index (χ1) is 13.3. The fraction of sp³-hybridized carbons (Fsp3) is 0.300. The van der Waals surface area contributed by atoms with E-state index < -0.39 is 17.4 Å². The topological polar surface area (TPSA) is 63.1 Å². The van der Waals surface area contributed by atoms with Crippen molar-refractivity contribution in [3.8, 4) is 5.75 Å². The van der Waals surface area contributed by atoms with Gasteiger partial charge in [-0.1, -0.05) is 29.8 Å². The second kappa shape index (κ2) is 7.77. The maximum absolute atomic E-state index is 14.0. The number of ether oxygens (including phenoxy) is 1. The van der Waals surface area contributed by atoms with Gasteiger partial charge in [-0.15, -0.1) is 0 Å². The highest BCUT2D eigenvalue weighted by Gasteiger charge is 2.50. The van der Waals surface area contributed by atoms with Crippen molar-refractivity contribution in [1.82, 2.24) is 10.2 Å². The first kappa shape index (κ1) is 20.1. The van der Waals surface area contributed by atoms with Gasteiger partial charge in [0.15, 0.2) is 6.67 Å². The number of hydrogen-bond acceptors (Lipinski definition) is 3. The summed E-state index contributed by atoms with van der Waals surface area (Å²) in [5, 5.41) is 3.08. The number of nitrogens with one attached hydrogen (secondary N) is 2. The van der Waals surface area contributed by atoms with Crippen LogP contribution in [0.5, 0.6) is 5.75 Å². The van der Waals surface area contributed by atoms with Gasteiger partial charge in [-0.3, -0.25) is 4.79 Å². The minimum atomic E-state index is -1.19. The second-order valence-corrected chi connectivity index (χ2v) is 7.42. The zero-order valence-corrected chi connectivity index (χ0v) is 16.6. The molecule has 0 bridgehead atoms. The van der Waals surface area contributed by atoms with Crippen LogP contribution >= 0.6 is 11.6 Å². The third kappa shape index (κ3) is 3.68. The molecule has 1 aliphatic heterocycles. The van der Waals surface area contributed by atoms with Crippen LogP contribution < -0.4 is 15.0 Å². The van der Waals surface area contributed by atoms with E-state index in [9.17, 15) is 14.0 Å². The van der Waals surface area contributed by atoms with Gasteiger partial charge in [0.2, 0.25) is 0 Å². The third-order valence-electron chi connectivity index (χ3n) is 4.89. The molecule has 1 heterocycles. The highest BCUT2D eigenvalue weighted by molar-refractivity contribution is 6.31. The van der Waals surface area contributed by atoms with E-state index in [0.717, 1.165) is 9.80 Å². The Balaban J connectivity index is 1.78. The normalized spacial score (nSPS) is 20.2. The van der Waals surface area contributed by atoms with Crippen molar-refractivity contribution in [2.75, 3.05) is 20.8 Å². The first-order valence-electron chi connectivity index (χ1n) is 8.79. The lowest BCUT2D eigenvalue weighted by Crippen LogP contribution is -3.09. The van der Waals surface area contributed by atoms with Crippen LogP contribution in [-0.4, -0.2) is 37.7 Å². The van der Waals surface area contributed by atoms with Crippen LogP contribution in [0.3, 0.4) is 0 Å². The average Bonchev–Trinajstić information content (AvgIpc) is 2.89.